The van der Waals surface area contributed by atoms with E-state index in [1.807, 2.05) is 68.6 Å². The monoisotopic (exact) mass is 850 g/mol. The Morgan fingerprint density at radius 2 is 1.76 bits per heavy atom. The molecule has 0 N–H and O–H groups in total. The van der Waals surface area contributed by atoms with Crippen molar-refractivity contribution in [1.82, 2.24) is 15.0 Å². The molecule has 49 heavy (non-hydrogen) atoms. The van der Waals surface area contributed by atoms with Crippen molar-refractivity contribution in [3.8, 4) is 22.5 Å². The van der Waals surface area contributed by atoms with Crippen molar-refractivity contribution in [2.75, 3.05) is 0 Å². The second kappa shape index (κ2) is 16.5. The Balaban J connectivity index is 0.000000210. The van der Waals surface area contributed by atoms with Crippen LogP contribution >= 0.6 is 0 Å². The van der Waals surface area contributed by atoms with Crippen LogP contribution in [0.25, 0.3) is 44.6 Å². The van der Waals surface area contributed by atoms with Crippen molar-refractivity contribution < 1.29 is 32.7 Å². The van der Waals surface area contributed by atoms with Gasteiger partial charge in [-0.25, -0.2) is 4.98 Å². The van der Waals surface area contributed by atoms with Crippen LogP contribution in [-0.2, 0) is 26.5 Å². The molecule has 0 bridgehead atoms. The van der Waals surface area contributed by atoms with Crippen molar-refractivity contribution in [2.24, 2.45) is 5.92 Å². The first-order valence-electron chi connectivity index (χ1n) is 20.3. The van der Waals surface area contributed by atoms with Crippen LogP contribution < -0.4 is 5.19 Å². The largest absolute Gasteiger partial charge is 0.486 e. The quantitative estimate of drug-likeness (QED) is 0.113. The first-order chi connectivity index (χ1) is 25.6. The van der Waals surface area contributed by atoms with E-state index in [0.29, 0.717) is 29.7 Å². The summed E-state index contributed by atoms with van der Waals surface area (Å²) < 4.78 is 55.4. The average Bonchev–Trinajstić information content (AvgIpc) is 3.56. The maximum atomic E-state index is 8.99. The number of nitrogens with zero attached hydrogens (tertiary/aromatic N) is 3. The molecule has 7 rings (SSSR count). The van der Waals surface area contributed by atoms with E-state index in [1.54, 1.807) is 18.3 Å². The predicted molar refractivity (Wildman–Crippen MR) is 203 cm³/mol. The minimum atomic E-state index is -2.30. The van der Waals surface area contributed by atoms with Gasteiger partial charge in [-0.3, -0.25) is 0 Å². The molecule has 0 spiro atoms. The minimum Gasteiger partial charge on any atom is -0.486 e. The molecule has 6 aromatic rings. The number of pyridine rings is 3. The molecule has 1 aliphatic rings. The van der Waals surface area contributed by atoms with Crippen LogP contribution in [0.5, 0.6) is 0 Å². The summed E-state index contributed by atoms with van der Waals surface area (Å²) in [6, 6.07) is 26.9. The molecule has 4 heterocycles. The number of aromatic nitrogens is 3. The molecular formula is C43H49IrN3OSi-2. The Hall–Kier alpha value is -3.44. The third-order valence-corrected chi connectivity index (χ3v) is 11.3. The summed E-state index contributed by atoms with van der Waals surface area (Å²) >= 11 is 0. The predicted octanol–water partition coefficient (Wildman–Crippen LogP) is 11.3. The molecule has 4 aromatic heterocycles. The van der Waals surface area contributed by atoms with Crippen molar-refractivity contribution in [3.63, 3.8) is 0 Å². The van der Waals surface area contributed by atoms with Gasteiger partial charge in [0.05, 0.1) is 13.7 Å². The van der Waals surface area contributed by atoms with Crippen LogP contribution in [-0.4, -0.2) is 23.0 Å². The van der Waals surface area contributed by atoms with Crippen LogP contribution in [0.3, 0.4) is 0 Å². The van der Waals surface area contributed by atoms with Gasteiger partial charge in [-0.1, -0.05) is 99.8 Å². The summed E-state index contributed by atoms with van der Waals surface area (Å²) in [7, 11) is -1.69. The average molecular weight is 850 g/mol. The van der Waals surface area contributed by atoms with E-state index in [-0.39, 0.29) is 37.4 Å². The summed E-state index contributed by atoms with van der Waals surface area (Å²) in [4.78, 5) is 13.4. The summed E-state index contributed by atoms with van der Waals surface area (Å²) in [6.07, 6.45) is 9.30. The number of rotatable bonds is 8. The molecular weight excluding hydrogens is 795 g/mol. The number of furan rings is 1. The SMILES string of the molecule is [2H]C([2H])([2H])c1ccc2c(n1)oc1c(-c3cc(C([2H])(CC)CC)ccn3)[c-]ccc12.[2H]C([2H])(c1cc(-c2[c-]cccc2)ncc1[Si](C)(C)C)C1CCCCC1.[Ir]. The van der Waals surface area contributed by atoms with Gasteiger partial charge in [-0.05, 0) is 72.7 Å². The maximum absolute atomic E-state index is 8.99. The Morgan fingerprint density at radius 3 is 2.47 bits per heavy atom. The zero-order chi connectivity index (χ0) is 38.9. The van der Waals surface area contributed by atoms with Crippen LogP contribution in [0, 0.1) is 24.9 Å². The van der Waals surface area contributed by atoms with Gasteiger partial charge in [0.25, 0.3) is 0 Å². The van der Waals surface area contributed by atoms with E-state index < -0.39 is 27.2 Å². The second-order valence-corrected chi connectivity index (χ2v) is 18.6. The van der Waals surface area contributed by atoms with E-state index in [0.717, 1.165) is 64.0 Å². The zero-order valence-corrected chi connectivity index (χ0v) is 32.5. The summed E-state index contributed by atoms with van der Waals surface area (Å²) in [6.45, 7) is 8.56. The molecule has 1 radical (unpaired) electrons. The topological polar surface area (TPSA) is 51.8 Å². The van der Waals surface area contributed by atoms with Crippen LogP contribution in [0.1, 0.15) is 89.7 Å². The van der Waals surface area contributed by atoms with E-state index in [9.17, 15) is 0 Å². The van der Waals surface area contributed by atoms with E-state index >= 15 is 0 Å². The smallest absolute Gasteiger partial charge is 0.216 e. The summed E-state index contributed by atoms with van der Waals surface area (Å²) in [5.41, 5.74) is 5.72. The molecule has 0 atom stereocenters. The molecule has 1 saturated carbocycles. The standard InChI is InChI=1S/C22H21N2O.C21H28NSi.Ir/c1-4-15(5-2)16-11-12-23-20(13-16)19-8-6-7-17-18-10-9-14(3)24-22(18)25-21(17)19;1-23(2,3)21-16-22-20(18-12-8-5-9-13-18)15-19(21)14-17-10-6-4-7-11-17;/h6-7,9-13,15H,4-5H2,1-3H3;5,8-9,12,15-17H,4,6-7,10-11,14H2,1-3H3;/q2*-1;/i3D3,15D;14D2;. The molecule has 257 valence electrons. The first kappa shape index (κ1) is 29.3. The number of fused-ring (bicyclic) bond motifs is 3. The molecule has 0 unspecified atom stereocenters. The molecule has 4 nitrogen and oxygen atoms in total. The van der Waals surface area contributed by atoms with Crippen molar-refractivity contribution in [1.29, 1.82) is 0 Å². The Labute approximate surface area is 316 Å². The van der Waals surface area contributed by atoms with Gasteiger partial charge >= 0.3 is 0 Å². The van der Waals surface area contributed by atoms with Gasteiger partial charge in [-0.2, -0.15) is 0 Å². The zero-order valence-electron chi connectivity index (χ0n) is 35.1. The van der Waals surface area contributed by atoms with Crippen LogP contribution in [0.15, 0.2) is 83.5 Å². The number of benzene rings is 2. The van der Waals surface area contributed by atoms with E-state index in [1.165, 1.54) is 12.5 Å². The van der Waals surface area contributed by atoms with E-state index in [4.69, 9.17) is 12.6 Å². The molecule has 0 amide bonds. The number of aryl methyl sites for hydroxylation is 1. The third kappa shape index (κ3) is 8.66. The molecule has 0 aliphatic heterocycles. The van der Waals surface area contributed by atoms with Crippen LogP contribution in [0.2, 0.25) is 19.6 Å². The molecule has 1 fully saturated rings. The fourth-order valence-corrected chi connectivity index (χ4v) is 8.00. The fourth-order valence-electron chi connectivity index (χ4n) is 6.60. The molecule has 0 saturated heterocycles. The third-order valence-electron chi connectivity index (χ3n) is 9.24. The van der Waals surface area contributed by atoms with Crippen molar-refractivity contribution >= 4 is 35.3 Å². The van der Waals surface area contributed by atoms with Gasteiger partial charge in [-0.15, -0.1) is 54.1 Å². The second-order valence-electron chi connectivity index (χ2n) is 13.6. The summed E-state index contributed by atoms with van der Waals surface area (Å²) in [5, 5.41) is 2.73. The normalized spacial score (nSPS) is 16.3. The van der Waals surface area contributed by atoms with Gasteiger partial charge in [0.1, 0.15) is 0 Å². The van der Waals surface area contributed by atoms with Gasteiger partial charge in [0, 0.05) is 51.8 Å². The first-order valence-corrected chi connectivity index (χ1v) is 20.8. The van der Waals surface area contributed by atoms with E-state index in [2.05, 4.69) is 46.7 Å². The number of hydrogen-bond donors (Lipinski definition) is 0. The van der Waals surface area contributed by atoms with Crippen molar-refractivity contribution in [3.05, 3.63) is 108 Å². The minimum absolute atomic E-state index is 0. The summed E-state index contributed by atoms with van der Waals surface area (Å²) in [5.74, 6) is -0.554. The van der Waals surface area contributed by atoms with Crippen molar-refractivity contribution in [2.45, 2.75) is 97.6 Å². The molecule has 2 aromatic carbocycles. The molecule has 1 aliphatic carbocycles. The maximum Gasteiger partial charge on any atom is 0.216 e. The Kier molecular flexibility index (Phi) is 9.87. The fraction of sp³-hybridized carbons (Fsp3) is 0.372. The molecule has 6 heteroatoms. The Morgan fingerprint density at radius 1 is 0.939 bits per heavy atom. The van der Waals surface area contributed by atoms with Crippen LogP contribution in [0.4, 0.5) is 0 Å². The van der Waals surface area contributed by atoms with Gasteiger partial charge in [0.2, 0.25) is 5.71 Å². The number of hydrogen-bond acceptors (Lipinski definition) is 4. The van der Waals surface area contributed by atoms with Gasteiger partial charge in [0.15, 0.2) is 0 Å². The van der Waals surface area contributed by atoms with Gasteiger partial charge < -0.3 is 14.4 Å². The Bertz CT molecular complexity index is 2230.